The molecule has 0 saturated heterocycles. The number of carbonyl (C=O) groups is 2. The lowest BCUT2D eigenvalue weighted by Crippen LogP contribution is -2.30. The zero-order chi connectivity index (χ0) is 20.6. The predicted molar refractivity (Wildman–Crippen MR) is 110 cm³/mol. The highest BCUT2D eigenvalue weighted by Crippen LogP contribution is 2.36. The molecule has 1 aromatic rings. The van der Waals surface area contributed by atoms with E-state index >= 15 is 0 Å². The quantitative estimate of drug-likeness (QED) is 0.371. The number of ether oxygens (including phenoxy) is 1. The molecule has 0 fully saturated rings. The minimum Gasteiger partial charge on any atom is -0.465 e. The summed E-state index contributed by atoms with van der Waals surface area (Å²) in [5, 5.41) is 2.41. The molecule has 4 nitrogen and oxygen atoms in total. The standard InChI is InChI=1S/C20H29ClFNO3S/c1-6-9-16(18(24)26-10-7-2)27-17-12-15(14(22)11-13(17)21)23-19(25)20(4,5)8-3/h11-12,16H,6-10H2,1-5H3,(H,23,25). The molecule has 0 spiro atoms. The van der Waals surface area contributed by atoms with E-state index in [-0.39, 0.29) is 22.6 Å². The molecule has 0 aromatic heterocycles. The van der Waals surface area contributed by atoms with E-state index in [0.717, 1.165) is 12.8 Å². The molecule has 1 rings (SSSR count). The summed E-state index contributed by atoms with van der Waals surface area (Å²) in [5.41, 5.74) is -0.556. The molecule has 7 heteroatoms. The minimum absolute atomic E-state index is 0.0607. The van der Waals surface area contributed by atoms with Crippen molar-refractivity contribution in [2.45, 2.75) is 70.4 Å². The average molecular weight is 418 g/mol. The van der Waals surface area contributed by atoms with Gasteiger partial charge in [-0.2, -0.15) is 0 Å². The fraction of sp³-hybridized carbons (Fsp3) is 0.600. The number of nitrogens with one attached hydrogen (secondary N) is 1. The number of carbonyl (C=O) groups excluding carboxylic acids is 2. The second kappa shape index (κ2) is 10.9. The molecule has 0 bridgehead atoms. The van der Waals surface area contributed by atoms with Crippen molar-refractivity contribution < 1.29 is 18.7 Å². The molecule has 0 aliphatic carbocycles. The molecule has 0 saturated carbocycles. The van der Waals surface area contributed by atoms with Crippen LogP contribution in [-0.4, -0.2) is 23.7 Å². The van der Waals surface area contributed by atoms with Crippen LogP contribution in [0.15, 0.2) is 17.0 Å². The zero-order valence-electron chi connectivity index (χ0n) is 16.7. The van der Waals surface area contributed by atoms with Crippen molar-refractivity contribution in [1.29, 1.82) is 0 Å². The van der Waals surface area contributed by atoms with E-state index in [4.69, 9.17) is 16.3 Å². The maximum Gasteiger partial charge on any atom is 0.319 e. The van der Waals surface area contributed by atoms with Crippen molar-refractivity contribution in [2.24, 2.45) is 5.41 Å². The molecule has 0 aliphatic rings. The van der Waals surface area contributed by atoms with Crippen LogP contribution in [0.4, 0.5) is 10.1 Å². The van der Waals surface area contributed by atoms with Crippen LogP contribution in [0.2, 0.25) is 5.02 Å². The van der Waals surface area contributed by atoms with Gasteiger partial charge in [-0.05, 0) is 31.4 Å². The van der Waals surface area contributed by atoms with E-state index in [1.165, 1.54) is 23.9 Å². The van der Waals surface area contributed by atoms with E-state index in [1.54, 1.807) is 13.8 Å². The molecule has 152 valence electrons. The van der Waals surface area contributed by atoms with Gasteiger partial charge in [0.15, 0.2) is 0 Å². The first-order valence-corrected chi connectivity index (χ1v) is 10.6. The Balaban J connectivity index is 3.06. The van der Waals surface area contributed by atoms with E-state index in [9.17, 15) is 14.0 Å². The van der Waals surface area contributed by atoms with Crippen LogP contribution >= 0.6 is 23.4 Å². The van der Waals surface area contributed by atoms with Crippen molar-refractivity contribution in [3.8, 4) is 0 Å². The van der Waals surface area contributed by atoms with Gasteiger partial charge in [0.2, 0.25) is 5.91 Å². The number of halogens is 2. The lowest BCUT2D eigenvalue weighted by Gasteiger charge is -2.22. The van der Waals surface area contributed by atoms with E-state index in [1.807, 2.05) is 20.8 Å². The molecule has 1 atom stereocenters. The van der Waals surface area contributed by atoms with E-state index < -0.39 is 16.5 Å². The predicted octanol–water partition coefficient (Wildman–Crippen LogP) is 6.07. The Kier molecular flexibility index (Phi) is 9.60. The topological polar surface area (TPSA) is 55.4 Å². The normalized spacial score (nSPS) is 12.6. The lowest BCUT2D eigenvalue weighted by molar-refractivity contribution is -0.143. The Morgan fingerprint density at radius 1 is 1.26 bits per heavy atom. The second-order valence-electron chi connectivity index (χ2n) is 7.02. The summed E-state index contributed by atoms with van der Waals surface area (Å²) in [5.74, 6) is -1.18. The number of rotatable bonds is 10. The van der Waals surface area contributed by atoms with Crippen LogP contribution in [0.3, 0.4) is 0 Å². The summed E-state index contributed by atoms with van der Waals surface area (Å²) < 4.78 is 19.5. The number of benzene rings is 1. The fourth-order valence-corrected chi connectivity index (χ4v) is 3.57. The molecule has 1 unspecified atom stereocenters. The fourth-order valence-electron chi connectivity index (χ4n) is 2.10. The first-order chi connectivity index (χ1) is 12.7. The second-order valence-corrected chi connectivity index (χ2v) is 8.67. The monoisotopic (exact) mass is 417 g/mol. The number of hydrogen-bond acceptors (Lipinski definition) is 4. The third kappa shape index (κ3) is 7.00. The highest BCUT2D eigenvalue weighted by atomic mass is 35.5. The van der Waals surface area contributed by atoms with Crippen molar-refractivity contribution in [1.82, 2.24) is 0 Å². The van der Waals surface area contributed by atoms with Crippen molar-refractivity contribution in [2.75, 3.05) is 11.9 Å². The number of amides is 1. The highest BCUT2D eigenvalue weighted by molar-refractivity contribution is 8.00. The molecular formula is C20H29ClFNO3S. The molecule has 27 heavy (non-hydrogen) atoms. The van der Waals surface area contributed by atoms with Gasteiger partial charge < -0.3 is 10.1 Å². The van der Waals surface area contributed by atoms with Crippen molar-refractivity contribution >= 4 is 40.9 Å². The van der Waals surface area contributed by atoms with E-state index in [0.29, 0.717) is 24.3 Å². The number of esters is 1. The summed E-state index contributed by atoms with van der Waals surface area (Å²) in [7, 11) is 0. The van der Waals surface area contributed by atoms with Gasteiger partial charge in [0.1, 0.15) is 11.1 Å². The Hall–Kier alpha value is -1.27. The molecule has 1 amide bonds. The Labute approximate surface area is 170 Å². The Bertz CT molecular complexity index is 667. The summed E-state index contributed by atoms with van der Waals surface area (Å²) in [6.45, 7) is 9.77. The molecule has 0 radical (unpaired) electrons. The van der Waals surface area contributed by atoms with Crippen LogP contribution in [0.25, 0.3) is 0 Å². The van der Waals surface area contributed by atoms with E-state index in [2.05, 4.69) is 5.32 Å². The summed E-state index contributed by atoms with van der Waals surface area (Å²) in [6.07, 6.45) is 2.78. The Morgan fingerprint density at radius 3 is 2.48 bits per heavy atom. The largest absolute Gasteiger partial charge is 0.465 e. The molecular weight excluding hydrogens is 389 g/mol. The lowest BCUT2D eigenvalue weighted by atomic mass is 9.89. The van der Waals surface area contributed by atoms with Crippen LogP contribution < -0.4 is 5.32 Å². The van der Waals surface area contributed by atoms with Gasteiger partial charge in [0, 0.05) is 10.3 Å². The van der Waals surface area contributed by atoms with Gasteiger partial charge in [-0.15, -0.1) is 11.8 Å². The van der Waals surface area contributed by atoms with Gasteiger partial charge in [-0.3, -0.25) is 9.59 Å². The minimum atomic E-state index is -0.617. The van der Waals surface area contributed by atoms with Gasteiger partial charge in [0.05, 0.1) is 17.3 Å². The summed E-state index contributed by atoms with van der Waals surface area (Å²) in [4.78, 5) is 25.2. The first-order valence-electron chi connectivity index (χ1n) is 9.30. The van der Waals surface area contributed by atoms with Crippen molar-refractivity contribution in [3.05, 3.63) is 23.0 Å². The highest BCUT2D eigenvalue weighted by Gasteiger charge is 2.27. The van der Waals surface area contributed by atoms with Crippen LogP contribution in [0.5, 0.6) is 0 Å². The van der Waals surface area contributed by atoms with Gasteiger partial charge in [-0.1, -0.05) is 52.6 Å². The Morgan fingerprint density at radius 2 is 1.93 bits per heavy atom. The SMILES string of the molecule is CCCOC(=O)C(CCC)Sc1cc(NC(=O)C(C)(C)CC)c(F)cc1Cl. The summed E-state index contributed by atoms with van der Waals surface area (Å²) in [6, 6.07) is 2.65. The van der Waals surface area contributed by atoms with Crippen LogP contribution in [-0.2, 0) is 14.3 Å². The van der Waals surface area contributed by atoms with Crippen LogP contribution in [0, 0.1) is 11.2 Å². The molecule has 1 N–H and O–H groups in total. The van der Waals surface area contributed by atoms with Crippen LogP contribution in [0.1, 0.15) is 60.3 Å². The maximum absolute atomic E-state index is 14.3. The zero-order valence-corrected chi connectivity index (χ0v) is 18.2. The molecule has 0 aliphatic heterocycles. The van der Waals surface area contributed by atoms with Gasteiger partial charge in [0.25, 0.3) is 0 Å². The number of anilines is 1. The third-order valence-electron chi connectivity index (χ3n) is 4.30. The first kappa shape index (κ1) is 23.8. The maximum atomic E-state index is 14.3. The molecule has 1 aromatic carbocycles. The van der Waals surface area contributed by atoms with Gasteiger partial charge >= 0.3 is 5.97 Å². The summed E-state index contributed by atoms with van der Waals surface area (Å²) >= 11 is 7.42. The molecule has 0 heterocycles. The average Bonchev–Trinajstić information content (AvgIpc) is 2.62. The van der Waals surface area contributed by atoms with Gasteiger partial charge in [-0.25, -0.2) is 4.39 Å². The number of thioether (sulfide) groups is 1. The number of hydrogen-bond donors (Lipinski definition) is 1. The smallest absolute Gasteiger partial charge is 0.319 e. The van der Waals surface area contributed by atoms with Crippen molar-refractivity contribution in [3.63, 3.8) is 0 Å². The third-order valence-corrected chi connectivity index (χ3v) is 6.03.